The minimum atomic E-state index is 0.630. The highest BCUT2D eigenvalue weighted by Gasteiger charge is 1.94. The zero-order chi connectivity index (χ0) is 10.1. The number of halogens is 1. The van der Waals surface area contributed by atoms with Gasteiger partial charge in [-0.1, -0.05) is 35.2 Å². The lowest BCUT2D eigenvalue weighted by molar-refractivity contribution is 0.284. The largest absolute Gasteiger partial charge is 0.465 e. The summed E-state index contributed by atoms with van der Waals surface area (Å²) in [6, 6.07) is 0.630. The Hall–Kier alpha value is -0.510. The molecular weight excluding hydrogens is 244 g/mol. The van der Waals surface area contributed by atoms with Crippen molar-refractivity contribution in [2.24, 2.45) is 0 Å². The second-order valence-corrected chi connectivity index (χ2v) is 3.99. The van der Waals surface area contributed by atoms with Crippen LogP contribution in [0.5, 0.6) is 6.01 Å². The van der Waals surface area contributed by atoms with Gasteiger partial charge in [0.05, 0.1) is 6.61 Å². The fourth-order valence-electron chi connectivity index (χ4n) is 1.23. The number of hydrogen-bond donors (Lipinski definition) is 1. The molecule has 0 aromatic carbocycles. The number of nitrogens with zero attached hydrogens (tertiary/aromatic N) is 1. The summed E-state index contributed by atoms with van der Waals surface area (Å²) in [6.45, 7) is 0.766. The Morgan fingerprint density at radius 1 is 1.21 bits per heavy atom. The van der Waals surface area contributed by atoms with E-state index in [2.05, 4.69) is 25.9 Å². The van der Waals surface area contributed by atoms with Crippen LogP contribution in [-0.4, -0.2) is 21.9 Å². The molecule has 0 aliphatic heterocycles. The molecule has 0 spiro atoms. The molecule has 0 unspecified atom stereocenters. The van der Waals surface area contributed by atoms with Crippen molar-refractivity contribution in [3.05, 3.63) is 12.4 Å². The predicted molar refractivity (Wildman–Crippen MR) is 61.0 cm³/mol. The lowest BCUT2D eigenvalue weighted by Crippen LogP contribution is -1.98. The van der Waals surface area contributed by atoms with Gasteiger partial charge in [-0.3, -0.25) is 0 Å². The van der Waals surface area contributed by atoms with E-state index in [0.717, 1.165) is 18.4 Å². The summed E-state index contributed by atoms with van der Waals surface area (Å²) >= 11 is 3.42. The summed E-state index contributed by atoms with van der Waals surface area (Å²) in [4.78, 5) is 6.89. The summed E-state index contributed by atoms with van der Waals surface area (Å²) in [6.07, 6.45) is 9.71. The first-order valence-corrected chi connectivity index (χ1v) is 6.24. The van der Waals surface area contributed by atoms with Gasteiger partial charge in [-0.25, -0.2) is 4.98 Å². The number of unbranched alkanes of at least 4 members (excludes halogenated alkanes) is 4. The zero-order valence-electron chi connectivity index (χ0n) is 8.34. The average Bonchev–Trinajstić information content (AvgIpc) is 2.69. The highest BCUT2D eigenvalue weighted by molar-refractivity contribution is 9.09. The van der Waals surface area contributed by atoms with E-state index in [-0.39, 0.29) is 0 Å². The van der Waals surface area contributed by atoms with Crippen LogP contribution >= 0.6 is 15.9 Å². The second kappa shape index (κ2) is 7.85. The monoisotopic (exact) mass is 260 g/mol. The third-order valence-electron chi connectivity index (χ3n) is 1.99. The lowest BCUT2D eigenvalue weighted by Gasteiger charge is -2.01. The standard InChI is InChI=1S/C10H17BrN2O/c11-6-4-2-1-3-5-9-14-10-12-7-8-13-10/h7-8H,1-6,9H2,(H,12,13). The number of alkyl halides is 1. The molecule has 80 valence electrons. The summed E-state index contributed by atoms with van der Waals surface area (Å²) in [5.74, 6) is 0. The molecule has 14 heavy (non-hydrogen) atoms. The van der Waals surface area contributed by atoms with Crippen LogP contribution in [0.25, 0.3) is 0 Å². The molecule has 4 heteroatoms. The summed E-state index contributed by atoms with van der Waals surface area (Å²) in [5.41, 5.74) is 0. The van der Waals surface area contributed by atoms with Crippen LogP contribution in [0.4, 0.5) is 0 Å². The first-order chi connectivity index (χ1) is 6.93. The smallest absolute Gasteiger partial charge is 0.293 e. The van der Waals surface area contributed by atoms with Gasteiger partial charge < -0.3 is 9.72 Å². The van der Waals surface area contributed by atoms with Crippen LogP contribution in [0.2, 0.25) is 0 Å². The number of aromatic nitrogens is 2. The molecule has 0 radical (unpaired) electrons. The van der Waals surface area contributed by atoms with Gasteiger partial charge in [0.15, 0.2) is 0 Å². The van der Waals surface area contributed by atoms with Crippen LogP contribution < -0.4 is 4.74 Å². The Morgan fingerprint density at radius 3 is 2.71 bits per heavy atom. The number of rotatable bonds is 8. The molecule has 1 N–H and O–H groups in total. The van der Waals surface area contributed by atoms with Crippen molar-refractivity contribution < 1.29 is 4.74 Å². The third-order valence-corrected chi connectivity index (χ3v) is 2.55. The van der Waals surface area contributed by atoms with Gasteiger partial charge in [-0.15, -0.1) is 0 Å². The van der Waals surface area contributed by atoms with Gasteiger partial charge in [-0.05, 0) is 12.8 Å². The van der Waals surface area contributed by atoms with Gasteiger partial charge in [-0.2, -0.15) is 0 Å². The number of imidazole rings is 1. The normalized spacial score (nSPS) is 10.4. The lowest BCUT2D eigenvalue weighted by atomic mass is 10.2. The van der Waals surface area contributed by atoms with Crippen molar-refractivity contribution >= 4 is 15.9 Å². The molecule has 0 saturated carbocycles. The minimum absolute atomic E-state index is 0.630. The van der Waals surface area contributed by atoms with Gasteiger partial charge in [0.25, 0.3) is 6.01 Å². The molecule has 0 atom stereocenters. The Labute approximate surface area is 93.4 Å². The third kappa shape index (κ3) is 5.27. The average molecular weight is 261 g/mol. The molecule has 1 rings (SSSR count). The van der Waals surface area contributed by atoms with Crippen LogP contribution in [-0.2, 0) is 0 Å². The van der Waals surface area contributed by atoms with E-state index >= 15 is 0 Å². The molecule has 1 heterocycles. The summed E-state index contributed by atoms with van der Waals surface area (Å²) in [7, 11) is 0. The van der Waals surface area contributed by atoms with Gasteiger partial charge in [0.2, 0.25) is 0 Å². The van der Waals surface area contributed by atoms with Crippen molar-refractivity contribution in [3.63, 3.8) is 0 Å². The van der Waals surface area contributed by atoms with E-state index in [1.165, 1.54) is 25.7 Å². The highest BCUT2D eigenvalue weighted by Crippen LogP contribution is 2.05. The molecule has 3 nitrogen and oxygen atoms in total. The van der Waals surface area contributed by atoms with Crippen molar-refractivity contribution in [2.75, 3.05) is 11.9 Å². The van der Waals surface area contributed by atoms with E-state index in [0.29, 0.717) is 6.01 Å². The summed E-state index contributed by atoms with van der Waals surface area (Å²) < 4.78 is 5.38. The van der Waals surface area contributed by atoms with Crippen LogP contribution in [0, 0.1) is 0 Å². The molecule has 0 saturated heterocycles. The quantitative estimate of drug-likeness (QED) is 0.576. The fraction of sp³-hybridized carbons (Fsp3) is 0.700. The zero-order valence-corrected chi connectivity index (χ0v) is 9.92. The van der Waals surface area contributed by atoms with Gasteiger partial charge >= 0.3 is 0 Å². The van der Waals surface area contributed by atoms with E-state index in [9.17, 15) is 0 Å². The molecule has 1 aromatic heterocycles. The Bertz CT molecular complexity index is 214. The van der Waals surface area contributed by atoms with Crippen molar-refractivity contribution in [3.8, 4) is 6.01 Å². The minimum Gasteiger partial charge on any atom is -0.465 e. The number of H-pyrrole nitrogens is 1. The molecule has 0 aliphatic carbocycles. The topological polar surface area (TPSA) is 37.9 Å². The maximum atomic E-state index is 5.38. The first kappa shape index (κ1) is 11.6. The molecule has 0 fully saturated rings. The fourth-order valence-corrected chi connectivity index (χ4v) is 1.62. The van der Waals surface area contributed by atoms with Crippen LogP contribution in [0.3, 0.4) is 0 Å². The number of hydrogen-bond acceptors (Lipinski definition) is 2. The Morgan fingerprint density at radius 2 is 2.00 bits per heavy atom. The Kier molecular flexibility index (Phi) is 6.49. The molecule has 1 aromatic rings. The van der Waals surface area contributed by atoms with Crippen molar-refractivity contribution in [1.82, 2.24) is 9.97 Å². The second-order valence-electron chi connectivity index (χ2n) is 3.20. The molecule has 0 bridgehead atoms. The van der Waals surface area contributed by atoms with E-state index in [1.807, 2.05) is 0 Å². The van der Waals surface area contributed by atoms with Crippen LogP contribution in [0.1, 0.15) is 32.1 Å². The SMILES string of the molecule is BrCCCCCCCOc1ncc[nH]1. The van der Waals surface area contributed by atoms with Gasteiger partial charge in [0.1, 0.15) is 0 Å². The van der Waals surface area contributed by atoms with Gasteiger partial charge in [0, 0.05) is 17.7 Å². The molecular formula is C10H17BrN2O. The highest BCUT2D eigenvalue weighted by atomic mass is 79.9. The predicted octanol–water partition coefficient (Wildman–Crippen LogP) is 3.13. The first-order valence-electron chi connectivity index (χ1n) is 5.11. The number of nitrogens with one attached hydrogen (secondary N) is 1. The Balaban J connectivity index is 1.85. The van der Waals surface area contributed by atoms with Crippen molar-refractivity contribution in [2.45, 2.75) is 32.1 Å². The molecule has 0 aliphatic rings. The van der Waals surface area contributed by atoms with E-state index in [1.54, 1.807) is 12.4 Å². The maximum Gasteiger partial charge on any atom is 0.293 e. The van der Waals surface area contributed by atoms with Crippen LogP contribution in [0.15, 0.2) is 12.4 Å². The molecule has 0 amide bonds. The number of ether oxygens (including phenoxy) is 1. The van der Waals surface area contributed by atoms with Crippen molar-refractivity contribution in [1.29, 1.82) is 0 Å². The maximum absolute atomic E-state index is 5.38. The summed E-state index contributed by atoms with van der Waals surface area (Å²) in [5, 5.41) is 1.12. The van der Waals surface area contributed by atoms with E-state index < -0.39 is 0 Å². The van der Waals surface area contributed by atoms with E-state index in [4.69, 9.17) is 4.74 Å². The number of aromatic amines is 1.